The van der Waals surface area contributed by atoms with Gasteiger partial charge in [-0.3, -0.25) is 9.59 Å². The Labute approximate surface area is 131 Å². The van der Waals surface area contributed by atoms with E-state index in [0.29, 0.717) is 36.9 Å². The number of hydrogen-bond donors (Lipinski definition) is 2. The van der Waals surface area contributed by atoms with Crippen LogP contribution in [-0.2, 0) is 16.0 Å². The van der Waals surface area contributed by atoms with E-state index in [4.69, 9.17) is 9.47 Å². The smallest absolute Gasteiger partial charge is 0.309 e. The molecule has 6 nitrogen and oxygen atoms in total. The molecule has 0 spiro atoms. The van der Waals surface area contributed by atoms with E-state index < -0.39 is 11.8 Å². The fraction of sp³-hybridized carbons (Fsp3) is 0.500. The predicted molar refractivity (Wildman–Crippen MR) is 84.1 cm³/mol. The molecule has 0 fully saturated rings. The fourth-order valence-electron chi connectivity index (χ4n) is 1.81. The third-order valence-electron chi connectivity index (χ3n) is 3.02. The molecule has 0 heterocycles. The van der Waals surface area contributed by atoms with Crippen molar-refractivity contribution in [3.05, 3.63) is 23.8 Å². The molecular formula is C16H24N2O4. The van der Waals surface area contributed by atoms with Crippen molar-refractivity contribution in [2.45, 2.75) is 20.3 Å². The number of amides is 2. The Morgan fingerprint density at radius 1 is 1.05 bits per heavy atom. The van der Waals surface area contributed by atoms with Gasteiger partial charge in [-0.1, -0.05) is 19.9 Å². The summed E-state index contributed by atoms with van der Waals surface area (Å²) in [6.07, 6.45) is 0.601. The molecule has 0 aromatic heterocycles. The maximum atomic E-state index is 11.6. The average molecular weight is 308 g/mol. The molecule has 22 heavy (non-hydrogen) atoms. The van der Waals surface area contributed by atoms with Gasteiger partial charge in [0, 0.05) is 13.1 Å². The lowest BCUT2D eigenvalue weighted by Gasteiger charge is -2.10. The summed E-state index contributed by atoms with van der Waals surface area (Å²) in [5.41, 5.74) is 0.987. The zero-order valence-corrected chi connectivity index (χ0v) is 13.6. The third kappa shape index (κ3) is 5.63. The Morgan fingerprint density at radius 3 is 2.27 bits per heavy atom. The molecule has 0 saturated carbocycles. The number of hydrogen-bond acceptors (Lipinski definition) is 4. The lowest BCUT2D eigenvalue weighted by atomic mass is 10.1. The summed E-state index contributed by atoms with van der Waals surface area (Å²) in [5, 5.41) is 5.17. The van der Waals surface area contributed by atoms with Crippen molar-refractivity contribution in [2.24, 2.45) is 5.92 Å². The van der Waals surface area contributed by atoms with Crippen molar-refractivity contribution in [1.82, 2.24) is 10.6 Å². The highest BCUT2D eigenvalue weighted by Crippen LogP contribution is 2.27. The van der Waals surface area contributed by atoms with Gasteiger partial charge in [-0.25, -0.2) is 0 Å². The largest absolute Gasteiger partial charge is 0.493 e. The van der Waals surface area contributed by atoms with Gasteiger partial charge in [0.15, 0.2) is 11.5 Å². The van der Waals surface area contributed by atoms with Crippen LogP contribution in [0.2, 0.25) is 0 Å². The van der Waals surface area contributed by atoms with Crippen LogP contribution in [0, 0.1) is 5.92 Å². The Kier molecular flexibility index (Phi) is 7.22. The Hall–Kier alpha value is -2.24. The minimum absolute atomic E-state index is 0.309. The molecule has 0 aliphatic carbocycles. The zero-order chi connectivity index (χ0) is 16.5. The molecule has 2 N–H and O–H groups in total. The van der Waals surface area contributed by atoms with E-state index in [2.05, 4.69) is 10.6 Å². The minimum Gasteiger partial charge on any atom is -0.493 e. The molecule has 1 rings (SSSR count). The number of carbonyl (C=O) groups excluding carboxylic acids is 2. The molecule has 1 aromatic carbocycles. The lowest BCUT2D eigenvalue weighted by molar-refractivity contribution is -0.139. The van der Waals surface area contributed by atoms with E-state index in [-0.39, 0.29) is 0 Å². The number of ether oxygens (including phenoxy) is 2. The van der Waals surface area contributed by atoms with Gasteiger partial charge in [-0.15, -0.1) is 0 Å². The first kappa shape index (κ1) is 17.8. The van der Waals surface area contributed by atoms with Gasteiger partial charge in [0.25, 0.3) is 0 Å². The number of methoxy groups -OCH3 is 2. The van der Waals surface area contributed by atoms with E-state index in [1.807, 2.05) is 32.0 Å². The van der Waals surface area contributed by atoms with Crippen LogP contribution in [0.1, 0.15) is 19.4 Å². The quantitative estimate of drug-likeness (QED) is 0.741. The van der Waals surface area contributed by atoms with Crippen LogP contribution in [0.25, 0.3) is 0 Å². The molecule has 0 aliphatic heterocycles. The molecule has 0 bridgehead atoms. The maximum Gasteiger partial charge on any atom is 0.309 e. The molecule has 6 heteroatoms. The van der Waals surface area contributed by atoms with E-state index in [1.165, 1.54) is 0 Å². The fourth-order valence-corrected chi connectivity index (χ4v) is 1.81. The lowest BCUT2D eigenvalue weighted by Crippen LogP contribution is -2.41. The van der Waals surface area contributed by atoms with Crippen LogP contribution in [0.15, 0.2) is 18.2 Å². The minimum atomic E-state index is -0.610. The maximum absolute atomic E-state index is 11.6. The van der Waals surface area contributed by atoms with E-state index >= 15 is 0 Å². The Bertz CT molecular complexity index is 515. The van der Waals surface area contributed by atoms with Gasteiger partial charge < -0.3 is 20.1 Å². The second-order valence-electron chi connectivity index (χ2n) is 5.30. The Morgan fingerprint density at radius 2 is 1.68 bits per heavy atom. The first-order chi connectivity index (χ1) is 10.5. The Balaban J connectivity index is 2.43. The summed E-state index contributed by atoms with van der Waals surface area (Å²) in [6.45, 7) is 4.80. The van der Waals surface area contributed by atoms with E-state index in [0.717, 1.165) is 5.56 Å². The van der Waals surface area contributed by atoms with Crippen molar-refractivity contribution in [3.63, 3.8) is 0 Å². The summed E-state index contributed by atoms with van der Waals surface area (Å²) >= 11 is 0. The van der Waals surface area contributed by atoms with E-state index in [9.17, 15) is 9.59 Å². The van der Waals surface area contributed by atoms with Crippen LogP contribution < -0.4 is 20.1 Å². The summed E-state index contributed by atoms with van der Waals surface area (Å²) in [7, 11) is 3.15. The molecule has 0 radical (unpaired) electrons. The molecule has 0 unspecified atom stereocenters. The second kappa shape index (κ2) is 8.92. The number of carbonyl (C=O) groups is 2. The molecule has 0 aliphatic rings. The number of nitrogens with one attached hydrogen (secondary N) is 2. The highest BCUT2D eigenvalue weighted by atomic mass is 16.5. The number of rotatable bonds is 7. The summed E-state index contributed by atoms with van der Waals surface area (Å²) in [5.74, 6) is 0.398. The molecule has 2 amide bonds. The van der Waals surface area contributed by atoms with Crippen molar-refractivity contribution >= 4 is 11.8 Å². The van der Waals surface area contributed by atoms with Crippen LogP contribution in [0.4, 0.5) is 0 Å². The molecule has 122 valence electrons. The van der Waals surface area contributed by atoms with Gasteiger partial charge in [0.05, 0.1) is 14.2 Å². The highest BCUT2D eigenvalue weighted by Gasteiger charge is 2.12. The second-order valence-corrected chi connectivity index (χ2v) is 5.30. The molecular weight excluding hydrogens is 284 g/mol. The topological polar surface area (TPSA) is 76.7 Å². The first-order valence-corrected chi connectivity index (χ1v) is 7.24. The van der Waals surface area contributed by atoms with Gasteiger partial charge in [-0.05, 0) is 30.0 Å². The number of benzene rings is 1. The zero-order valence-electron chi connectivity index (χ0n) is 13.6. The molecule has 1 aromatic rings. The van der Waals surface area contributed by atoms with Crippen molar-refractivity contribution in [1.29, 1.82) is 0 Å². The molecule has 0 saturated heterocycles. The van der Waals surface area contributed by atoms with Crippen LogP contribution in [0.3, 0.4) is 0 Å². The van der Waals surface area contributed by atoms with Crippen molar-refractivity contribution < 1.29 is 19.1 Å². The van der Waals surface area contributed by atoms with Gasteiger partial charge in [-0.2, -0.15) is 0 Å². The molecule has 0 atom stereocenters. The average Bonchev–Trinajstić information content (AvgIpc) is 2.52. The summed E-state index contributed by atoms with van der Waals surface area (Å²) in [6, 6.07) is 5.56. The standard InChI is InChI=1S/C16H24N2O4/c1-11(2)10-18-16(20)15(19)17-8-7-12-5-6-13(21-3)14(9-12)22-4/h5-6,9,11H,7-8,10H2,1-4H3,(H,17,19)(H,18,20). The third-order valence-corrected chi connectivity index (χ3v) is 3.02. The van der Waals surface area contributed by atoms with Crippen molar-refractivity contribution in [3.8, 4) is 11.5 Å². The van der Waals surface area contributed by atoms with Crippen LogP contribution in [0.5, 0.6) is 11.5 Å². The van der Waals surface area contributed by atoms with Crippen molar-refractivity contribution in [2.75, 3.05) is 27.3 Å². The summed E-state index contributed by atoms with van der Waals surface area (Å²) in [4.78, 5) is 23.1. The monoisotopic (exact) mass is 308 g/mol. The van der Waals surface area contributed by atoms with Gasteiger partial charge in [0.2, 0.25) is 0 Å². The SMILES string of the molecule is COc1ccc(CCNC(=O)C(=O)NCC(C)C)cc1OC. The van der Waals surface area contributed by atoms with Crippen LogP contribution in [-0.4, -0.2) is 39.1 Å². The van der Waals surface area contributed by atoms with Gasteiger partial charge in [0.1, 0.15) is 0 Å². The van der Waals surface area contributed by atoms with E-state index in [1.54, 1.807) is 14.2 Å². The summed E-state index contributed by atoms with van der Waals surface area (Å²) < 4.78 is 10.4. The normalized spacial score (nSPS) is 10.2. The predicted octanol–water partition coefficient (Wildman–Crippen LogP) is 1.13. The van der Waals surface area contributed by atoms with Crippen LogP contribution >= 0.6 is 0 Å². The first-order valence-electron chi connectivity index (χ1n) is 7.24. The highest BCUT2D eigenvalue weighted by molar-refractivity contribution is 6.35. The van der Waals surface area contributed by atoms with Gasteiger partial charge >= 0.3 is 11.8 Å².